The third kappa shape index (κ3) is 4.33. The Hall–Kier alpha value is -3.30. The van der Waals surface area contributed by atoms with Crippen molar-refractivity contribution in [3.8, 4) is 5.75 Å². The molecule has 2 N–H and O–H groups in total. The van der Waals surface area contributed by atoms with Crippen molar-refractivity contribution in [1.29, 1.82) is 0 Å². The first-order valence-electron chi connectivity index (χ1n) is 9.27. The Morgan fingerprint density at radius 2 is 2.21 bits per heavy atom. The molecule has 3 aromatic rings. The van der Waals surface area contributed by atoms with Gasteiger partial charge in [0.25, 0.3) is 6.01 Å². The third-order valence-corrected chi connectivity index (χ3v) is 4.72. The van der Waals surface area contributed by atoms with Crippen molar-refractivity contribution in [3.05, 3.63) is 30.9 Å². The lowest BCUT2D eigenvalue weighted by Gasteiger charge is -2.29. The molecule has 1 amide bonds. The van der Waals surface area contributed by atoms with Gasteiger partial charge in [-0.3, -0.25) is 4.68 Å². The summed E-state index contributed by atoms with van der Waals surface area (Å²) in [5, 5.41) is 16.3. The molecule has 3 heterocycles. The number of aryl methyl sites for hydroxylation is 1. The van der Waals surface area contributed by atoms with Crippen molar-refractivity contribution in [2.24, 2.45) is 0 Å². The van der Waals surface area contributed by atoms with Crippen LogP contribution in [-0.4, -0.2) is 61.6 Å². The second kappa shape index (κ2) is 8.15. The maximum Gasteiger partial charge on any atom is 0.407 e. The number of oxazole rings is 1. The van der Waals surface area contributed by atoms with E-state index in [4.69, 9.17) is 14.3 Å². The molecule has 1 saturated heterocycles. The normalized spacial score (nSPS) is 15.1. The van der Waals surface area contributed by atoms with Gasteiger partial charge in [-0.2, -0.15) is 10.1 Å². The zero-order valence-electron chi connectivity index (χ0n) is 15.3. The molecule has 1 fully saturated rings. The number of aromatic nitrogens is 4. The van der Waals surface area contributed by atoms with Crippen LogP contribution in [-0.2, 0) is 6.54 Å². The van der Waals surface area contributed by atoms with Gasteiger partial charge in [-0.1, -0.05) is 0 Å². The molecule has 1 aliphatic rings. The summed E-state index contributed by atoms with van der Waals surface area (Å²) >= 11 is 0. The van der Waals surface area contributed by atoms with E-state index in [0.29, 0.717) is 31.3 Å². The van der Waals surface area contributed by atoms with Gasteiger partial charge in [0.1, 0.15) is 23.9 Å². The molecule has 0 spiro atoms. The molecule has 0 atom stereocenters. The number of benzene rings is 1. The first kappa shape index (κ1) is 18.1. The number of carbonyl (C=O) groups is 1. The van der Waals surface area contributed by atoms with Gasteiger partial charge >= 0.3 is 6.09 Å². The van der Waals surface area contributed by atoms with Crippen molar-refractivity contribution in [1.82, 2.24) is 24.6 Å². The van der Waals surface area contributed by atoms with E-state index in [0.717, 1.165) is 37.1 Å². The van der Waals surface area contributed by atoms with Gasteiger partial charge in [0, 0.05) is 38.2 Å². The van der Waals surface area contributed by atoms with Gasteiger partial charge in [-0.15, -0.1) is 0 Å². The number of hydrogen-bond acceptors (Lipinski definition) is 7. The third-order valence-electron chi connectivity index (χ3n) is 4.72. The van der Waals surface area contributed by atoms with Crippen molar-refractivity contribution >= 4 is 23.2 Å². The van der Waals surface area contributed by atoms with Crippen LogP contribution in [0, 0.1) is 0 Å². The molecule has 10 nitrogen and oxygen atoms in total. The number of piperidine rings is 1. The van der Waals surface area contributed by atoms with Crippen molar-refractivity contribution in [2.45, 2.75) is 31.8 Å². The van der Waals surface area contributed by atoms with E-state index in [1.54, 1.807) is 11.0 Å². The second-order valence-corrected chi connectivity index (χ2v) is 6.70. The highest BCUT2D eigenvalue weighted by Gasteiger charge is 2.23. The molecule has 0 unspecified atom stereocenters. The van der Waals surface area contributed by atoms with Gasteiger partial charge in [-0.05, 0) is 25.0 Å². The summed E-state index contributed by atoms with van der Waals surface area (Å²) < 4.78 is 13.3. The molecule has 0 bridgehead atoms. The van der Waals surface area contributed by atoms with Gasteiger partial charge in [0.15, 0.2) is 5.58 Å². The number of nitrogens with zero attached hydrogens (tertiary/aromatic N) is 5. The van der Waals surface area contributed by atoms with E-state index in [1.165, 1.54) is 11.2 Å². The van der Waals surface area contributed by atoms with Gasteiger partial charge < -0.3 is 24.5 Å². The Morgan fingerprint density at radius 1 is 1.36 bits per heavy atom. The van der Waals surface area contributed by atoms with Crippen LogP contribution in [0.4, 0.5) is 10.8 Å². The first-order chi connectivity index (χ1) is 13.7. The van der Waals surface area contributed by atoms with Crippen LogP contribution in [0.15, 0.2) is 35.3 Å². The largest absolute Gasteiger partial charge is 0.493 e. The summed E-state index contributed by atoms with van der Waals surface area (Å²) in [5.74, 6) is 0.737. The molecule has 2 aromatic heterocycles. The second-order valence-electron chi connectivity index (χ2n) is 6.70. The van der Waals surface area contributed by atoms with Gasteiger partial charge in [0.2, 0.25) is 0 Å². The Balaban J connectivity index is 1.30. The fourth-order valence-electron chi connectivity index (χ4n) is 3.21. The highest BCUT2D eigenvalue weighted by Crippen LogP contribution is 2.25. The predicted octanol–water partition coefficient (Wildman–Crippen LogP) is 2.44. The molecule has 28 heavy (non-hydrogen) atoms. The van der Waals surface area contributed by atoms with Crippen LogP contribution in [0.2, 0.25) is 0 Å². The van der Waals surface area contributed by atoms with Crippen molar-refractivity contribution < 1.29 is 19.1 Å². The SMILES string of the molecule is O=C(O)N1CCC(Nc2nc3cc(OCCCn4cncn4)ccc3o2)CC1. The quantitative estimate of drug-likeness (QED) is 0.594. The summed E-state index contributed by atoms with van der Waals surface area (Å²) in [5.41, 5.74) is 1.40. The number of carboxylic acid groups (broad SMARTS) is 1. The number of fused-ring (bicyclic) bond motifs is 1. The molecule has 1 aliphatic heterocycles. The summed E-state index contributed by atoms with van der Waals surface area (Å²) in [7, 11) is 0. The smallest absolute Gasteiger partial charge is 0.407 e. The summed E-state index contributed by atoms with van der Waals surface area (Å²) in [4.78, 5) is 20.8. The number of anilines is 1. The molecule has 10 heteroatoms. The fraction of sp³-hybridized carbons (Fsp3) is 0.444. The molecule has 4 rings (SSSR count). The molecule has 0 saturated carbocycles. The van der Waals surface area contributed by atoms with Crippen LogP contribution in [0.3, 0.4) is 0 Å². The number of rotatable bonds is 7. The van der Waals surface area contributed by atoms with E-state index in [-0.39, 0.29) is 6.04 Å². The summed E-state index contributed by atoms with van der Waals surface area (Å²) in [6.45, 7) is 2.34. The number of nitrogens with one attached hydrogen (secondary N) is 1. The van der Waals surface area contributed by atoms with E-state index in [2.05, 4.69) is 20.4 Å². The number of hydrogen-bond donors (Lipinski definition) is 2. The van der Waals surface area contributed by atoms with Gasteiger partial charge in [0.05, 0.1) is 6.61 Å². The zero-order valence-corrected chi connectivity index (χ0v) is 15.3. The topological polar surface area (TPSA) is 119 Å². The average molecular weight is 386 g/mol. The van der Waals surface area contributed by atoms with E-state index in [9.17, 15) is 4.79 Å². The Morgan fingerprint density at radius 3 is 2.96 bits per heavy atom. The van der Waals surface area contributed by atoms with Crippen LogP contribution in [0.1, 0.15) is 19.3 Å². The minimum absolute atomic E-state index is 0.149. The van der Waals surface area contributed by atoms with Crippen LogP contribution < -0.4 is 10.1 Å². The zero-order chi connectivity index (χ0) is 19.3. The summed E-state index contributed by atoms with van der Waals surface area (Å²) in [6.07, 6.45) is 4.61. The molecule has 0 aliphatic carbocycles. The number of likely N-dealkylation sites (tertiary alicyclic amines) is 1. The van der Waals surface area contributed by atoms with Gasteiger partial charge in [-0.25, -0.2) is 9.78 Å². The highest BCUT2D eigenvalue weighted by molar-refractivity contribution is 5.76. The first-order valence-corrected chi connectivity index (χ1v) is 9.27. The van der Waals surface area contributed by atoms with Crippen molar-refractivity contribution in [3.63, 3.8) is 0 Å². The number of amides is 1. The minimum Gasteiger partial charge on any atom is -0.493 e. The standard InChI is InChI=1S/C18H22N6O4/c25-18(26)23-7-4-13(5-8-23)21-17-22-15-10-14(2-3-16(15)28-17)27-9-1-6-24-12-19-11-20-24/h2-3,10-13H,1,4-9H2,(H,21,22)(H,25,26). The van der Waals surface area contributed by atoms with Crippen LogP contribution in [0.5, 0.6) is 5.75 Å². The number of ether oxygens (including phenoxy) is 1. The van der Waals surface area contributed by atoms with E-state index < -0.39 is 6.09 Å². The maximum atomic E-state index is 11.0. The van der Waals surface area contributed by atoms with E-state index >= 15 is 0 Å². The lowest BCUT2D eigenvalue weighted by Crippen LogP contribution is -2.41. The lowest BCUT2D eigenvalue weighted by molar-refractivity contribution is 0.133. The lowest BCUT2D eigenvalue weighted by atomic mass is 10.1. The molecular formula is C18H22N6O4. The molecule has 0 radical (unpaired) electrons. The Labute approximate surface area is 161 Å². The molecule has 1 aromatic carbocycles. The minimum atomic E-state index is -0.867. The predicted molar refractivity (Wildman–Crippen MR) is 100 cm³/mol. The van der Waals surface area contributed by atoms with Crippen LogP contribution >= 0.6 is 0 Å². The monoisotopic (exact) mass is 386 g/mol. The Bertz CT molecular complexity index is 917. The molecular weight excluding hydrogens is 364 g/mol. The maximum absolute atomic E-state index is 11.0. The van der Waals surface area contributed by atoms with Crippen LogP contribution in [0.25, 0.3) is 11.1 Å². The van der Waals surface area contributed by atoms with Crippen molar-refractivity contribution in [2.75, 3.05) is 25.0 Å². The summed E-state index contributed by atoms with van der Waals surface area (Å²) in [6, 6.07) is 6.15. The Kier molecular flexibility index (Phi) is 5.27. The average Bonchev–Trinajstić information content (AvgIpc) is 3.34. The molecule has 148 valence electrons. The fourth-order valence-corrected chi connectivity index (χ4v) is 3.21. The highest BCUT2D eigenvalue weighted by atomic mass is 16.5. The van der Waals surface area contributed by atoms with E-state index in [1.807, 2.05) is 18.2 Å².